The molecule has 2 rings (SSSR count). The van der Waals surface area contributed by atoms with Crippen LogP contribution >= 0.6 is 0 Å². The number of nitrogens with two attached hydrogens (primary N) is 1. The lowest BCUT2D eigenvalue weighted by Gasteiger charge is -2.11. The molecule has 3 N–H and O–H groups in total. The van der Waals surface area contributed by atoms with Crippen LogP contribution in [0.1, 0.15) is 49.2 Å². The van der Waals surface area contributed by atoms with Gasteiger partial charge in [0.05, 0.1) is 0 Å². The number of nitrogens with zero attached hydrogens (tertiary/aromatic N) is 2. The smallest absolute Gasteiger partial charge is 0.158 e. The van der Waals surface area contributed by atoms with Gasteiger partial charge in [-0.3, -0.25) is 0 Å². The molecule has 0 bridgehead atoms. The third kappa shape index (κ3) is 2.33. The van der Waals surface area contributed by atoms with Crippen molar-refractivity contribution in [3.63, 3.8) is 0 Å². The van der Waals surface area contributed by atoms with Crippen molar-refractivity contribution in [1.82, 2.24) is 9.97 Å². The summed E-state index contributed by atoms with van der Waals surface area (Å²) in [5.41, 5.74) is 6.44. The van der Waals surface area contributed by atoms with Crippen LogP contribution in [0.3, 0.4) is 0 Å². The Morgan fingerprint density at radius 3 is 2.87 bits per heavy atom. The standard InChI is InChI=1S/C11H17N3O/c12-7-10(15)11-13-6-5-9(14-11)8-3-1-2-4-8/h5-6,8,10,15H,1-4,7,12H2. The Morgan fingerprint density at radius 2 is 2.20 bits per heavy atom. The van der Waals surface area contributed by atoms with Gasteiger partial charge in [-0.05, 0) is 18.9 Å². The summed E-state index contributed by atoms with van der Waals surface area (Å²) in [5.74, 6) is 1.01. The van der Waals surface area contributed by atoms with Crippen molar-refractivity contribution in [2.45, 2.75) is 37.7 Å². The highest BCUT2D eigenvalue weighted by Gasteiger charge is 2.19. The van der Waals surface area contributed by atoms with Crippen LogP contribution in [0.15, 0.2) is 12.3 Å². The first kappa shape index (κ1) is 10.5. The molecule has 1 unspecified atom stereocenters. The second-order valence-electron chi connectivity index (χ2n) is 4.07. The third-order valence-corrected chi connectivity index (χ3v) is 2.99. The molecule has 15 heavy (non-hydrogen) atoms. The molecule has 4 nitrogen and oxygen atoms in total. The van der Waals surface area contributed by atoms with Crippen molar-refractivity contribution in [2.24, 2.45) is 5.73 Å². The Balaban J connectivity index is 2.18. The van der Waals surface area contributed by atoms with Crippen LogP contribution in [-0.2, 0) is 0 Å². The second-order valence-corrected chi connectivity index (χ2v) is 4.07. The molecule has 0 saturated heterocycles. The van der Waals surface area contributed by atoms with Gasteiger partial charge >= 0.3 is 0 Å². The number of aliphatic hydroxyl groups excluding tert-OH is 1. The topological polar surface area (TPSA) is 72.0 Å². The summed E-state index contributed by atoms with van der Waals surface area (Å²) in [7, 11) is 0. The monoisotopic (exact) mass is 207 g/mol. The Kier molecular flexibility index (Phi) is 3.28. The maximum atomic E-state index is 9.55. The maximum absolute atomic E-state index is 9.55. The lowest BCUT2D eigenvalue weighted by Crippen LogP contribution is -2.15. The minimum atomic E-state index is -0.730. The first-order valence-corrected chi connectivity index (χ1v) is 5.52. The van der Waals surface area contributed by atoms with Gasteiger partial charge in [0, 0.05) is 24.4 Å². The molecular formula is C11H17N3O. The van der Waals surface area contributed by atoms with E-state index < -0.39 is 6.10 Å². The van der Waals surface area contributed by atoms with E-state index in [0.29, 0.717) is 11.7 Å². The summed E-state index contributed by atoms with van der Waals surface area (Å²) in [6, 6.07) is 1.95. The lowest BCUT2D eigenvalue weighted by atomic mass is 10.0. The molecular weight excluding hydrogens is 190 g/mol. The fourth-order valence-electron chi connectivity index (χ4n) is 2.10. The van der Waals surface area contributed by atoms with Crippen molar-refractivity contribution in [3.8, 4) is 0 Å². The van der Waals surface area contributed by atoms with E-state index in [1.807, 2.05) is 6.07 Å². The summed E-state index contributed by atoms with van der Waals surface area (Å²) in [4.78, 5) is 8.42. The van der Waals surface area contributed by atoms with Crippen LogP contribution in [-0.4, -0.2) is 21.6 Å². The van der Waals surface area contributed by atoms with Gasteiger partial charge in [0.25, 0.3) is 0 Å². The van der Waals surface area contributed by atoms with Gasteiger partial charge in [-0.1, -0.05) is 12.8 Å². The number of aromatic nitrogens is 2. The zero-order valence-electron chi connectivity index (χ0n) is 8.76. The lowest BCUT2D eigenvalue weighted by molar-refractivity contribution is 0.176. The van der Waals surface area contributed by atoms with Crippen LogP contribution in [0.5, 0.6) is 0 Å². The molecule has 82 valence electrons. The summed E-state index contributed by atoms with van der Waals surface area (Å²) in [6.07, 6.45) is 5.96. The first-order chi connectivity index (χ1) is 7.31. The van der Waals surface area contributed by atoms with Crippen molar-refractivity contribution in [3.05, 3.63) is 23.8 Å². The van der Waals surface area contributed by atoms with Crippen LogP contribution in [0, 0.1) is 0 Å². The second kappa shape index (κ2) is 4.68. The molecule has 1 saturated carbocycles. The van der Waals surface area contributed by atoms with E-state index in [1.165, 1.54) is 25.7 Å². The van der Waals surface area contributed by atoms with Crippen molar-refractivity contribution >= 4 is 0 Å². The van der Waals surface area contributed by atoms with Crippen LogP contribution in [0.2, 0.25) is 0 Å². The van der Waals surface area contributed by atoms with Gasteiger partial charge in [-0.25, -0.2) is 9.97 Å². The summed E-state index contributed by atoms with van der Waals surface area (Å²) < 4.78 is 0. The molecule has 0 aliphatic heterocycles. The molecule has 0 radical (unpaired) electrons. The van der Waals surface area contributed by atoms with Crippen molar-refractivity contribution < 1.29 is 5.11 Å². The van der Waals surface area contributed by atoms with E-state index in [2.05, 4.69) is 9.97 Å². The normalized spacial score (nSPS) is 19.3. The molecule has 1 atom stereocenters. The van der Waals surface area contributed by atoms with Gasteiger partial charge in [0.15, 0.2) is 5.82 Å². The summed E-state index contributed by atoms with van der Waals surface area (Å²) in [6.45, 7) is 0.175. The first-order valence-electron chi connectivity index (χ1n) is 5.52. The molecule has 0 spiro atoms. The van der Waals surface area contributed by atoms with Gasteiger partial charge in [-0.15, -0.1) is 0 Å². The highest BCUT2D eigenvalue weighted by Crippen LogP contribution is 2.32. The zero-order chi connectivity index (χ0) is 10.7. The van der Waals surface area contributed by atoms with E-state index in [-0.39, 0.29) is 6.54 Å². The number of hydrogen-bond donors (Lipinski definition) is 2. The molecule has 1 aliphatic rings. The average molecular weight is 207 g/mol. The highest BCUT2D eigenvalue weighted by molar-refractivity contribution is 5.11. The maximum Gasteiger partial charge on any atom is 0.158 e. The molecule has 1 fully saturated rings. The van der Waals surface area contributed by atoms with E-state index in [1.54, 1.807) is 6.20 Å². The zero-order valence-corrected chi connectivity index (χ0v) is 8.76. The fourth-order valence-corrected chi connectivity index (χ4v) is 2.10. The Bertz CT molecular complexity index is 323. The predicted octanol–water partition coefficient (Wildman–Crippen LogP) is 1.13. The summed E-state index contributed by atoms with van der Waals surface area (Å²) >= 11 is 0. The highest BCUT2D eigenvalue weighted by atomic mass is 16.3. The molecule has 0 aromatic carbocycles. The van der Waals surface area contributed by atoms with Crippen molar-refractivity contribution in [2.75, 3.05) is 6.54 Å². The van der Waals surface area contributed by atoms with Crippen LogP contribution in [0.4, 0.5) is 0 Å². The largest absolute Gasteiger partial charge is 0.384 e. The van der Waals surface area contributed by atoms with Crippen LogP contribution in [0.25, 0.3) is 0 Å². The molecule has 1 aliphatic carbocycles. The molecule has 1 aromatic heterocycles. The van der Waals surface area contributed by atoms with Gasteiger partial charge in [-0.2, -0.15) is 0 Å². The SMILES string of the molecule is NCC(O)c1nccc(C2CCCC2)n1. The quantitative estimate of drug-likeness (QED) is 0.779. The van der Waals surface area contributed by atoms with Crippen molar-refractivity contribution in [1.29, 1.82) is 0 Å². The Labute approximate surface area is 89.6 Å². The number of hydrogen-bond acceptors (Lipinski definition) is 4. The van der Waals surface area contributed by atoms with Gasteiger partial charge < -0.3 is 10.8 Å². The minimum absolute atomic E-state index is 0.175. The molecule has 0 amide bonds. The third-order valence-electron chi connectivity index (χ3n) is 2.99. The molecule has 1 aromatic rings. The Hall–Kier alpha value is -1.00. The average Bonchev–Trinajstić information content (AvgIpc) is 2.82. The van der Waals surface area contributed by atoms with E-state index in [0.717, 1.165) is 5.69 Å². The van der Waals surface area contributed by atoms with E-state index in [9.17, 15) is 5.11 Å². The minimum Gasteiger partial charge on any atom is -0.384 e. The number of aliphatic hydroxyl groups is 1. The van der Waals surface area contributed by atoms with E-state index in [4.69, 9.17) is 5.73 Å². The Morgan fingerprint density at radius 1 is 1.47 bits per heavy atom. The number of rotatable bonds is 3. The predicted molar refractivity (Wildman–Crippen MR) is 57.3 cm³/mol. The summed E-state index contributed by atoms with van der Waals surface area (Å²) in [5, 5.41) is 9.55. The van der Waals surface area contributed by atoms with Gasteiger partial charge in [0.2, 0.25) is 0 Å². The van der Waals surface area contributed by atoms with Crippen LogP contribution < -0.4 is 5.73 Å². The molecule has 1 heterocycles. The van der Waals surface area contributed by atoms with E-state index >= 15 is 0 Å². The molecule has 4 heteroatoms. The fraction of sp³-hybridized carbons (Fsp3) is 0.636. The van der Waals surface area contributed by atoms with Gasteiger partial charge in [0.1, 0.15) is 6.10 Å².